The molecule has 5 heteroatoms. The Balaban J connectivity index is 0.00000192. The van der Waals surface area contributed by atoms with E-state index in [9.17, 15) is 0 Å². The maximum Gasteiger partial charge on any atom is 0.191 e. The van der Waals surface area contributed by atoms with Crippen LogP contribution in [-0.4, -0.2) is 25.7 Å². The maximum atomic E-state index is 6.02. The molecule has 0 heterocycles. The lowest BCUT2D eigenvalue weighted by atomic mass is 10.1. The van der Waals surface area contributed by atoms with Crippen LogP contribution in [0.3, 0.4) is 0 Å². The first-order chi connectivity index (χ1) is 10.7. The molecule has 0 aromatic heterocycles. The van der Waals surface area contributed by atoms with Gasteiger partial charge in [0.15, 0.2) is 5.96 Å². The highest BCUT2D eigenvalue weighted by Crippen LogP contribution is 2.31. The van der Waals surface area contributed by atoms with Gasteiger partial charge in [0.2, 0.25) is 0 Å². The van der Waals surface area contributed by atoms with Gasteiger partial charge in [-0.15, -0.1) is 24.0 Å². The van der Waals surface area contributed by atoms with Crippen LogP contribution in [0.5, 0.6) is 5.75 Å². The van der Waals surface area contributed by atoms with Crippen molar-refractivity contribution in [2.24, 2.45) is 16.8 Å². The van der Waals surface area contributed by atoms with Gasteiger partial charge >= 0.3 is 0 Å². The van der Waals surface area contributed by atoms with E-state index < -0.39 is 0 Å². The second-order valence-electron chi connectivity index (χ2n) is 6.76. The van der Waals surface area contributed by atoms with Gasteiger partial charge < -0.3 is 15.4 Å². The van der Waals surface area contributed by atoms with E-state index >= 15 is 0 Å². The fourth-order valence-electron chi connectivity index (χ4n) is 2.51. The number of ether oxygens (including phenoxy) is 1. The fourth-order valence-corrected chi connectivity index (χ4v) is 2.51. The number of aliphatic imine (C=N–C) groups is 1. The quantitative estimate of drug-likeness (QED) is 0.414. The molecule has 2 aliphatic carbocycles. The van der Waals surface area contributed by atoms with Crippen molar-refractivity contribution in [3.05, 3.63) is 29.3 Å². The van der Waals surface area contributed by atoms with E-state index in [1.165, 1.54) is 30.4 Å². The summed E-state index contributed by atoms with van der Waals surface area (Å²) in [5, 5.41) is 6.85. The average Bonchev–Trinajstić information content (AvgIpc) is 3.41. The molecular formula is C18H28IN3O. The number of benzene rings is 1. The maximum absolute atomic E-state index is 6.02. The Bertz CT molecular complexity index is 557. The Morgan fingerprint density at radius 2 is 2.09 bits per heavy atom. The third-order valence-corrected chi connectivity index (χ3v) is 4.50. The molecule has 0 saturated heterocycles. The van der Waals surface area contributed by atoms with Crippen molar-refractivity contribution >= 4 is 29.9 Å². The van der Waals surface area contributed by atoms with E-state index in [4.69, 9.17) is 4.74 Å². The van der Waals surface area contributed by atoms with Crippen molar-refractivity contribution in [1.82, 2.24) is 10.6 Å². The Morgan fingerprint density at radius 1 is 1.35 bits per heavy atom. The van der Waals surface area contributed by atoms with Gasteiger partial charge in [-0.1, -0.05) is 19.1 Å². The van der Waals surface area contributed by atoms with E-state index in [2.05, 4.69) is 47.7 Å². The number of hydrogen-bond donors (Lipinski definition) is 2. The first kappa shape index (κ1) is 18.4. The zero-order valence-electron chi connectivity index (χ0n) is 14.3. The highest BCUT2D eigenvalue weighted by atomic mass is 127. The summed E-state index contributed by atoms with van der Waals surface area (Å²) < 4.78 is 6.02. The molecule has 2 aliphatic rings. The highest BCUT2D eigenvalue weighted by Gasteiger charge is 2.33. The second kappa shape index (κ2) is 8.22. The molecule has 4 nitrogen and oxygen atoms in total. The number of hydrogen-bond acceptors (Lipinski definition) is 2. The van der Waals surface area contributed by atoms with E-state index in [0.29, 0.717) is 6.04 Å². The summed E-state index contributed by atoms with van der Waals surface area (Å²) in [6.07, 6.45) is 3.87. The summed E-state index contributed by atoms with van der Waals surface area (Å²) in [4.78, 5) is 4.30. The molecule has 0 spiro atoms. The van der Waals surface area contributed by atoms with Crippen LogP contribution < -0.4 is 15.4 Å². The number of halogens is 1. The molecule has 128 valence electrons. The third-order valence-electron chi connectivity index (χ3n) is 4.50. The summed E-state index contributed by atoms with van der Waals surface area (Å²) in [7, 11) is 1.82. The molecule has 2 N–H and O–H groups in total. The van der Waals surface area contributed by atoms with Crippen molar-refractivity contribution in [2.75, 3.05) is 13.7 Å². The number of guanidine groups is 1. The second-order valence-corrected chi connectivity index (χ2v) is 6.76. The van der Waals surface area contributed by atoms with Crippen LogP contribution in [0, 0.1) is 18.8 Å². The largest absolute Gasteiger partial charge is 0.493 e. The van der Waals surface area contributed by atoms with E-state index in [1.807, 2.05) is 7.05 Å². The minimum absolute atomic E-state index is 0. The van der Waals surface area contributed by atoms with Crippen molar-refractivity contribution in [3.8, 4) is 5.75 Å². The molecule has 3 rings (SSSR count). The molecule has 23 heavy (non-hydrogen) atoms. The average molecular weight is 429 g/mol. The van der Waals surface area contributed by atoms with E-state index in [-0.39, 0.29) is 24.0 Å². The molecule has 0 aliphatic heterocycles. The summed E-state index contributed by atoms with van der Waals surface area (Å²) in [5.41, 5.74) is 2.43. The Hall–Kier alpha value is -0.980. The van der Waals surface area contributed by atoms with Crippen LogP contribution in [0.25, 0.3) is 0 Å². The van der Waals surface area contributed by atoms with Crippen LogP contribution in [0.4, 0.5) is 0 Å². The molecule has 2 fully saturated rings. The lowest BCUT2D eigenvalue weighted by Gasteiger charge is -2.15. The Kier molecular flexibility index (Phi) is 6.56. The smallest absolute Gasteiger partial charge is 0.191 e. The molecule has 2 atom stereocenters. The Morgan fingerprint density at radius 3 is 2.70 bits per heavy atom. The molecule has 0 amide bonds. The van der Waals surface area contributed by atoms with Gasteiger partial charge in [0.05, 0.1) is 6.61 Å². The van der Waals surface area contributed by atoms with Crippen molar-refractivity contribution in [2.45, 2.75) is 45.7 Å². The zero-order valence-corrected chi connectivity index (χ0v) is 16.6. The predicted octanol–water partition coefficient (Wildman–Crippen LogP) is 3.48. The number of nitrogens with zero attached hydrogens (tertiary/aromatic N) is 1. The van der Waals surface area contributed by atoms with Crippen molar-refractivity contribution < 1.29 is 4.74 Å². The number of nitrogens with one attached hydrogen (secondary N) is 2. The standard InChI is InChI=1S/C18H27N3O.HI/c1-12-4-7-15(17(8-12)22-11-14-5-6-14)10-20-18(19-3)21-16-9-13(16)2;/h4,7-8,13-14,16H,5-6,9-11H2,1-3H3,(H2,19,20,21);1H. The van der Waals surface area contributed by atoms with Crippen LogP contribution in [-0.2, 0) is 6.54 Å². The van der Waals surface area contributed by atoms with Gasteiger partial charge in [-0.25, -0.2) is 0 Å². The monoisotopic (exact) mass is 429 g/mol. The topological polar surface area (TPSA) is 45.7 Å². The third kappa shape index (κ3) is 5.55. The lowest BCUT2D eigenvalue weighted by Crippen LogP contribution is -2.38. The molecular weight excluding hydrogens is 401 g/mol. The van der Waals surface area contributed by atoms with E-state index in [1.54, 1.807) is 0 Å². The molecule has 2 unspecified atom stereocenters. The molecule has 1 aromatic carbocycles. The first-order valence-corrected chi connectivity index (χ1v) is 8.35. The summed E-state index contributed by atoms with van der Waals surface area (Å²) in [6.45, 7) is 5.95. The Labute approximate surface area is 156 Å². The first-order valence-electron chi connectivity index (χ1n) is 8.35. The lowest BCUT2D eigenvalue weighted by molar-refractivity contribution is 0.296. The van der Waals surface area contributed by atoms with Gasteiger partial charge in [0, 0.05) is 25.2 Å². The zero-order chi connectivity index (χ0) is 15.5. The van der Waals surface area contributed by atoms with Crippen LogP contribution in [0.1, 0.15) is 37.3 Å². The SMILES string of the molecule is CN=C(NCc1ccc(C)cc1OCC1CC1)NC1CC1C.I. The molecule has 0 radical (unpaired) electrons. The van der Waals surface area contributed by atoms with Crippen LogP contribution in [0.2, 0.25) is 0 Å². The van der Waals surface area contributed by atoms with Gasteiger partial charge in [0.1, 0.15) is 5.75 Å². The van der Waals surface area contributed by atoms with Crippen LogP contribution in [0.15, 0.2) is 23.2 Å². The van der Waals surface area contributed by atoms with Crippen LogP contribution >= 0.6 is 24.0 Å². The van der Waals surface area contributed by atoms with Gasteiger partial charge in [-0.05, 0) is 49.7 Å². The molecule has 0 bridgehead atoms. The highest BCUT2D eigenvalue weighted by molar-refractivity contribution is 14.0. The fraction of sp³-hybridized carbons (Fsp3) is 0.611. The van der Waals surface area contributed by atoms with Crippen molar-refractivity contribution in [1.29, 1.82) is 0 Å². The van der Waals surface area contributed by atoms with E-state index in [0.717, 1.165) is 36.7 Å². The summed E-state index contributed by atoms with van der Waals surface area (Å²) >= 11 is 0. The minimum atomic E-state index is 0. The summed E-state index contributed by atoms with van der Waals surface area (Å²) in [6, 6.07) is 7.01. The van der Waals surface area contributed by atoms with Gasteiger partial charge in [-0.2, -0.15) is 0 Å². The predicted molar refractivity (Wildman–Crippen MR) is 106 cm³/mol. The molecule has 1 aromatic rings. The minimum Gasteiger partial charge on any atom is -0.493 e. The number of aryl methyl sites for hydroxylation is 1. The number of rotatable bonds is 6. The van der Waals surface area contributed by atoms with Gasteiger partial charge in [-0.3, -0.25) is 4.99 Å². The normalized spacial score (nSPS) is 23.0. The molecule has 2 saturated carbocycles. The summed E-state index contributed by atoms with van der Waals surface area (Å²) in [5.74, 6) is 3.42. The van der Waals surface area contributed by atoms with Crippen molar-refractivity contribution in [3.63, 3.8) is 0 Å². The van der Waals surface area contributed by atoms with Gasteiger partial charge in [0.25, 0.3) is 0 Å².